The van der Waals surface area contributed by atoms with Crippen molar-refractivity contribution >= 4 is 17.5 Å². The van der Waals surface area contributed by atoms with Gasteiger partial charge >= 0.3 is 0 Å². The van der Waals surface area contributed by atoms with Crippen molar-refractivity contribution in [3.63, 3.8) is 0 Å². The average molecular weight is 347 g/mol. The average Bonchev–Trinajstić information content (AvgIpc) is 2.62. The van der Waals surface area contributed by atoms with E-state index in [-0.39, 0.29) is 24.5 Å². The van der Waals surface area contributed by atoms with E-state index in [1.54, 1.807) is 4.90 Å². The van der Waals surface area contributed by atoms with E-state index in [2.05, 4.69) is 17.1 Å². The molecule has 0 aromatic heterocycles. The van der Waals surface area contributed by atoms with Crippen LogP contribution in [0.1, 0.15) is 36.5 Å². The van der Waals surface area contributed by atoms with Crippen LogP contribution in [-0.2, 0) is 9.53 Å². The fraction of sp³-hybridized carbons (Fsp3) is 0.579. The summed E-state index contributed by atoms with van der Waals surface area (Å²) in [5, 5.41) is 3.00. The number of methoxy groups -OCH3 is 1. The number of para-hydroxylation sites is 1. The van der Waals surface area contributed by atoms with E-state index in [0.29, 0.717) is 0 Å². The molecule has 1 heterocycles. The second kappa shape index (κ2) is 9.42. The van der Waals surface area contributed by atoms with Gasteiger partial charge in [-0.05, 0) is 31.4 Å². The number of anilines is 1. The normalized spacial score (nSPS) is 15.1. The fourth-order valence-corrected chi connectivity index (χ4v) is 3.24. The van der Waals surface area contributed by atoms with Gasteiger partial charge in [-0.2, -0.15) is 0 Å². The van der Waals surface area contributed by atoms with Gasteiger partial charge in [-0.3, -0.25) is 9.59 Å². The van der Waals surface area contributed by atoms with Crippen molar-refractivity contribution in [2.45, 2.75) is 32.2 Å². The van der Waals surface area contributed by atoms with Gasteiger partial charge in [0.25, 0.3) is 5.91 Å². The number of amides is 2. The van der Waals surface area contributed by atoms with Crippen molar-refractivity contribution in [3.8, 4) is 0 Å². The van der Waals surface area contributed by atoms with Gasteiger partial charge in [-0.1, -0.05) is 19.1 Å². The van der Waals surface area contributed by atoms with E-state index in [0.717, 1.165) is 50.1 Å². The number of nitrogens with zero attached hydrogens (tertiary/aromatic N) is 2. The van der Waals surface area contributed by atoms with Gasteiger partial charge in [-0.15, -0.1) is 0 Å². The minimum Gasteiger partial charge on any atom is -0.375 e. The Morgan fingerprint density at radius 3 is 2.60 bits per heavy atom. The standard InChI is InChI=1S/C19H29N3O3/c1-4-11-21(2)19(24)16-7-5-6-8-17(16)22-12-9-15(10-13-22)20-18(23)14-25-3/h5-8,15H,4,9-14H2,1-3H3,(H,20,23). The summed E-state index contributed by atoms with van der Waals surface area (Å²) >= 11 is 0. The Morgan fingerprint density at radius 2 is 1.96 bits per heavy atom. The van der Waals surface area contributed by atoms with Crippen LogP contribution < -0.4 is 10.2 Å². The second-order valence-corrected chi connectivity index (χ2v) is 6.51. The lowest BCUT2D eigenvalue weighted by atomic mass is 10.0. The minimum absolute atomic E-state index is 0.0629. The number of rotatable bonds is 7. The smallest absolute Gasteiger partial charge is 0.255 e. The van der Waals surface area contributed by atoms with Crippen LogP contribution in [0.3, 0.4) is 0 Å². The number of ether oxygens (including phenoxy) is 1. The number of nitrogens with one attached hydrogen (secondary N) is 1. The summed E-state index contributed by atoms with van der Waals surface area (Å²) in [5.74, 6) is -0.00862. The number of hydrogen-bond donors (Lipinski definition) is 1. The SMILES string of the molecule is CCCN(C)C(=O)c1ccccc1N1CCC(NC(=O)COC)CC1. The molecule has 1 aromatic rings. The minimum atomic E-state index is -0.0716. The first-order valence-corrected chi connectivity index (χ1v) is 8.94. The highest BCUT2D eigenvalue weighted by atomic mass is 16.5. The second-order valence-electron chi connectivity index (χ2n) is 6.51. The molecule has 0 bridgehead atoms. The molecule has 1 fully saturated rings. The van der Waals surface area contributed by atoms with Crippen LogP contribution in [0.25, 0.3) is 0 Å². The summed E-state index contributed by atoms with van der Waals surface area (Å²) in [6, 6.07) is 7.96. The summed E-state index contributed by atoms with van der Waals surface area (Å²) < 4.78 is 4.86. The number of piperidine rings is 1. The molecule has 1 aliphatic heterocycles. The third-order valence-corrected chi connectivity index (χ3v) is 4.52. The lowest BCUT2D eigenvalue weighted by Crippen LogP contribution is -2.46. The molecule has 2 amide bonds. The zero-order valence-corrected chi connectivity index (χ0v) is 15.5. The molecule has 138 valence electrons. The van der Waals surface area contributed by atoms with Crippen molar-refractivity contribution in [2.24, 2.45) is 0 Å². The first-order chi connectivity index (χ1) is 12.1. The van der Waals surface area contributed by atoms with Crippen molar-refractivity contribution < 1.29 is 14.3 Å². The molecule has 25 heavy (non-hydrogen) atoms. The maximum atomic E-state index is 12.7. The Hall–Kier alpha value is -2.08. The molecule has 0 atom stereocenters. The van der Waals surface area contributed by atoms with Crippen LogP contribution in [0.5, 0.6) is 0 Å². The molecule has 0 aliphatic carbocycles. The molecule has 1 N–H and O–H groups in total. The summed E-state index contributed by atoms with van der Waals surface area (Å²) in [5.41, 5.74) is 1.73. The first kappa shape index (κ1) is 19.2. The summed E-state index contributed by atoms with van der Waals surface area (Å²) in [7, 11) is 3.37. The summed E-state index contributed by atoms with van der Waals surface area (Å²) in [6.45, 7) is 4.56. The Labute approximate surface area is 150 Å². The zero-order chi connectivity index (χ0) is 18.2. The molecule has 1 aliphatic rings. The van der Waals surface area contributed by atoms with E-state index in [1.165, 1.54) is 7.11 Å². The van der Waals surface area contributed by atoms with Crippen LogP contribution in [0.2, 0.25) is 0 Å². The third kappa shape index (κ3) is 5.19. The van der Waals surface area contributed by atoms with Crippen LogP contribution >= 0.6 is 0 Å². The number of carbonyl (C=O) groups is 2. The molecule has 0 spiro atoms. The largest absolute Gasteiger partial charge is 0.375 e. The van der Waals surface area contributed by atoms with Gasteiger partial charge in [0.05, 0.1) is 5.56 Å². The van der Waals surface area contributed by atoms with Crippen LogP contribution in [0.4, 0.5) is 5.69 Å². The van der Waals surface area contributed by atoms with E-state index in [1.807, 2.05) is 31.3 Å². The Bertz CT molecular complexity index is 583. The van der Waals surface area contributed by atoms with Gasteiger partial charge in [0.15, 0.2) is 0 Å². The van der Waals surface area contributed by atoms with Gasteiger partial charge in [0.2, 0.25) is 5.91 Å². The van der Waals surface area contributed by atoms with E-state index in [9.17, 15) is 9.59 Å². The van der Waals surface area contributed by atoms with Crippen LogP contribution in [0.15, 0.2) is 24.3 Å². The van der Waals surface area contributed by atoms with Gasteiger partial charge in [0, 0.05) is 45.5 Å². The highest BCUT2D eigenvalue weighted by Gasteiger charge is 2.24. The number of benzene rings is 1. The molecule has 1 aromatic carbocycles. The first-order valence-electron chi connectivity index (χ1n) is 8.94. The monoisotopic (exact) mass is 347 g/mol. The number of hydrogen-bond acceptors (Lipinski definition) is 4. The van der Waals surface area contributed by atoms with E-state index >= 15 is 0 Å². The number of carbonyl (C=O) groups excluding carboxylic acids is 2. The highest BCUT2D eigenvalue weighted by molar-refractivity contribution is 5.99. The molecule has 2 rings (SSSR count). The Morgan fingerprint density at radius 1 is 1.28 bits per heavy atom. The van der Waals surface area contributed by atoms with Crippen LogP contribution in [0, 0.1) is 0 Å². The van der Waals surface area contributed by atoms with Gasteiger partial charge in [-0.25, -0.2) is 0 Å². The van der Waals surface area contributed by atoms with Gasteiger partial charge in [0.1, 0.15) is 6.61 Å². The Balaban J connectivity index is 2.01. The molecule has 0 radical (unpaired) electrons. The molecular formula is C19H29N3O3. The summed E-state index contributed by atoms with van der Waals surface area (Å²) in [4.78, 5) is 28.4. The Kier molecular flexibility index (Phi) is 7.25. The van der Waals surface area contributed by atoms with E-state index in [4.69, 9.17) is 4.74 Å². The lowest BCUT2D eigenvalue weighted by molar-refractivity contribution is -0.125. The zero-order valence-electron chi connectivity index (χ0n) is 15.5. The third-order valence-electron chi connectivity index (χ3n) is 4.52. The van der Waals surface area contributed by atoms with Crippen molar-refractivity contribution in [2.75, 3.05) is 45.3 Å². The highest BCUT2D eigenvalue weighted by Crippen LogP contribution is 2.25. The quantitative estimate of drug-likeness (QED) is 0.818. The van der Waals surface area contributed by atoms with Crippen molar-refractivity contribution in [3.05, 3.63) is 29.8 Å². The molecule has 6 heteroatoms. The van der Waals surface area contributed by atoms with Crippen molar-refractivity contribution in [1.82, 2.24) is 10.2 Å². The maximum Gasteiger partial charge on any atom is 0.255 e. The summed E-state index contributed by atoms with van der Waals surface area (Å²) in [6.07, 6.45) is 2.67. The fourth-order valence-electron chi connectivity index (χ4n) is 3.24. The predicted octanol–water partition coefficient (Wildman–Crippen LogP) is 1.90. The molecular weight excluding hydrogens is 318 g/mol. The topological polar surface area (TPSA) is 61.9 Å². The molecule has 1 saturated heterocycles. The van der Waals surface area contributed by atoms with Gasteiger partial charge < -0.3 is 19.9 Å². The maximum absolute atomic E-state index is 12.7. The molecule has 0 unspecified atom stereocenters. The van der Waals surface area contributed by atoms with Crippen LogP contribution in [-0.4, -0.2) is 63.2 Å². The molecule has 6 nitrogen and oxygen atoms in total. The lowest BCUT2D eigenvalue weighted by Gasteiger charge is -2.35. The predicted molar refractivity (Wildman–Crippen MR) is 98.9 cm³/mol. The van der Waals surface area contributed by atoms with Crippen molar-refractivity contribution in [1.29, 1.82) is 0 Å². The molecule has 0 saturated carbocycles. The van der Waals surface area contributed by atoms with E-state index < -0.39 is 0 Å².